The fourth-order valence-corrected chi connectivity index (χ4v) is 1.57. The lowest BCUT2D eigenvalue weighted by Gasteiger charge is -2.15. The highest BCUT2D eigenvalue weighted by Crippen LogP contribution is 2.24. The van der Waals surface area contributed by atoms with Crippen LogP contribution < -0.4 is 5.73 Å². The number of amides is 1. The predicted molar refractivity (Wildman–Crippen MR) is 60.9 cm³/mol. The maximum absolute atomic E-state index is 11.0. The number of nitrogens with two attached hydrogens (primary N) is 1. The summed E-state index contributed by atoms with van der Waals surface area (Å²) in [6.07, 6.45) is 0. The van der Waals surface area contributed by atoms with Crippen molar-refractivity contribution in [3.8, 4) is 0 Å². The molecule has 15 heavy (non-hydrogen) atoms. The van der Waals surface area contributed by atoms with Crippen LogP contribution in [-0.2, 0) is 0 Å². The summed E-state index contributed by atoms with van der Waals surface area (Å²) in [4.78, 5) is 15.3. The van der Waals surface area contributed by atoms with Crippen molar-refractivity contribution in [3.63, 3.8) is 0 Å². The summed E-state index contributed by atoms with van der Waals surface area (Å²) in [6, 6.07) is 3.65. The van der Waals surface area contributed by atoms with Crippen molar-refractivity contribution >= 4 is 5.91 Å². The number of carbonyl (C=O) groups excluding carboxylic acids is 1. The van der Waals surface area contributed by atoms with Gasteiger partial charge in [-0.1, -0.05) is 33.8 Å². The smallest absolute Gasteiger partial charge is 0.267 e. The Morgan fingerprint density at radius 1 is 1.20 bits per heavy atom. The fraction of sp³-hybridized carbons (Fsp3) is 0.500. The van der Waals surface area contributed by atoms with Crippen LogP contribution in [0.15, 0.2) is 12.1 Å². The van der Waals surface area contributed by atoms with Crippen LogP contribution in [0.25, 0.3) is 0 Å². The maximum Gasteiger partial charge on any atom is 0.267 e. The van der Waals surface area contributed by atoms with Crippen LogP contribution in [-0.4, -0.2) is 10.9 Å². The van der Waals surface area contributed by atoms with Crippen molar-refractivity contribution in [3.05, 3.63) is 29.1 Å². The van der Waals surface area contributed by atoms with E-state index in [9.17, 15) is 4.79 Å². The molecule has 0 radical (unpaired) electrons. The number of hydrogen-bond donors (Lipinski definition) is 1. The molecular weight excluding hydrogens is 188 g/mol. The number of pyridine rings is 1. The van der Waals surface area contributed by atoms with Gasteiger partial charge in [-0.05, 0) is 23.5 Å². The second kappa shape index (κ2) is 4.43. The Bertz CT molecular complexity index is 370. The van der Waals surface area contributed by atoms with E-state index in [0.29, 0.717) is 17.5 Å². The predicted octanol–water partition coefficient (Wildman–Crippen LogP) is 2.43. The first kappa shape index (κ1) is 11.7. The molecule has 3 heteroatoms. The van der Waals surface area contributed by atoms with Gasteiger partial charge in [-0.2, -0.15) is 0 Å². The molecular formula is C12H18N2O. The van der Waals surface area contributed by atoms with E-state index in [2.05, 4.69) is 32.7 Å². The molecule has 0 aromatic carbocycles. The zero-order chi connectivity index (χ0) is 11.6. The zero-order valence-electron chi connectivity index (χ0n) is 9.74. The maximum atomic E-state index is 11.0. The van der Waals surface area contributed by atoms with Crippen LogP contribution in [0.2, 0.25) is 0 Å². The van der Waals surface area contributed by atoms with E-state index < -0.39 is 5.91 Å². The van der Waals surface area contributed by atoms with Crippen LogP contribution in [0, 0.1) is 0 Å². The quantitative estimate of drug-likeness (QED) is 0.825. The second-order valence-corrected chi connectivity index (χ2v) is 4.34. The Morgan fingerprint density at radius 2 is 1.80 bits per heavy atom. The van der Waals surface area contributed by atoms with Gasteiger partial charge in [-0.15, -0.1) is 0 Å². The summed E-state index contributed by atoms with van der Waals surface area (Å²) in [5.41, 5.74) is 7.72. The molecule has 0 aliphatic heterocycles. The summed E-state index contributed by atoms with van der Waals surface area (Å²) in [6.45, 7) is 8.37. The highest BCUT2D eigenvalue weighted by atomic mass is 16.1. The summed E-state index contributed by atoms with van der Waals surface area (Å²) < 4.78 is 0. The summed E-state index contributed by atoms with van der Waals surface area (Å²) >= 11 is 0. The van der Waals surface area contributed by atoms with E-state index in [1.807, 2.05) is 6.07 Å². The third-order valence-electron chi connectivity index (χ3n) is 2.38. The lowest BCUT2D eigenvalue weighted by Crippen LogP contribution is -2.15. The molecule has 0 atom stereocenters. The van der Waals surface area contributed by atoms with Crippen LogP contribution in [0.1, 0.15) is 61.3 Å². The first-order valence-corrected chi connectivity index (χ1v) is 5.24. The topological polar surface area (TPSA) is 56.0 Å². The molecule has 0 unspecified atom stereocenters. The third-order valence-corrected chi connectivity index (χ3v) is 2.38. The van der Waals surface area contributed by atoms with Gasteiger partial charge in [0.2, 0.25) is 0 Å². The summed E-state index contributed by atoms with van der Waals surface area (Å²) in [5, 5.41) is 0. The molecule has 0 saturated carbocycles. The van der Waals surface area contributed by atoms with E-state index in [1.165, 1.54) is 5.56 Å². The molecule has 0 fully saturated rings. The van der Waals surface area contributed by atoms with E-state index in [0.717, 1.165) is 5.69 Å². The van der Waals surface area contributed by atoms with Crippen LogP contribution >= 0.6 is 0 Å². The molecule has 1 rings (SSSR count). The molecule has 1 aromatic heterocycles. The van der Waals surface area contributed by atoms with E-state index in [1.54, 1.807) is 6.07 Å². The minimum Gasteiger partial charge on any atom is -0.364 e. The highest BCUT2D eigenvalue weighted by Gasteiger charge is 2.13. The first-order chi connectivity index (χ1) is 6.93. The molecule has 0 spiro atoms. The van der Waals surface area contributed by atoms with Gasteiger partial charge in [0, 0.05) is 5.69 Å². The minimum absolute atomic E-state index is 0.307. The molecule has 1 aromatic rings. The van der Waals surface area contributed by atoms with Crippen LogP contribution in [0.5, 0.6) is 0 Å². The van der Waals surface area contributed by atoms with Crippen molar-refractivity contribution in [1.82, 2.24) is 4.98 Å². The van der Waals surface area contributed by atoms with Crippen molar-refractivity contribution in [2.45, 2.75) is 39.5 Å². The molecule has 82 valence electrons. The lowest BCUT2D eigenvalue weighted by atomic mass is 9.95. The molecule has 0 aliphatic carbocycles. The van der Waals surface area contributed by atoms with Gasteiger partial charge in [-0.25, -0.2) is 4.98 Å². The number of rotatable bonds is 3. The van der Waals surface area contributed by atoms with Gasteiger partial charge >= 0.3 is 0 Å². The first-order valence-electron chi connectivity index (χ1n) is 5.24. The fourth-order valence-electron chi connectivity index (χ4n) is 1.57. The van der Waals surface area contributed by atoms with E-state index >= 15 is 0 Å². The normalized spacial score (nSPS) is 11.1. The molecule has 1 heterocycles. The van der Waals surface area contributed by atoms with Gasteiger partial charge < -0.3 is 5.73 Å². The van der Waals surface area contributed by atoms with Gasteiger partial charge in [0.25, 0.3) is 5.91 Å². The number of primary amides is 1. The molecule has 2 N–H and O–H groups in total. The van der Waals surface area contributed by atoms with Gasteiger partial charge in [0.15, 0.2) is 0 Å². The molecule has 1 amide bonds. The number of aromatic nitrogens is 1. The Kier molecular flexibility index (Phi) is 3.45. The van der Waals surface area contributed by atoms with Gasteiger partial charge in [0.05, 0.1) is 0 Å². The van der Waals surface area contributed by atoms with Crippen molar-refractivity contribution in [2.24, 2.45) is 5.73 Å². The molecule has 0 bridgehead atoms. The van der Waals surface area contributed by atoms with Gasteiger partial charge in [-0.3, -0.25) is 4.79 Å². The van der Waals surface area contributed by atoms with Crippen molar-refractivity contribution in [1.29, 1.82) is 0 Å². The standard InChI is InChI=1S/C12H18N2O/c1-7(2)9-5-6-10(12(13)15)14-11(9)8(3)4/h5-8H,1-4H3,(H2,13,15). The Hall–Kier alpha value is -1.38. The van der Waals surface area contributed by atoms with Crippen LogP contribution in [0.3, 0.4) is 0 Å². The number of hydrogen-bond acceptors (Lipinski definition) is 2. The SMILES string of the molecule is CC(C)c1ccc(C(N)=O)nc1C(C)C. The number of carbonyl (C=O) groups is 1. The van der Waals surface area contributed by atoms with Crippen molar-refractivity contribution in [2.75, 3.05) is 0 Å². The largest absolute Gasteiger partial charge is 0.364 e. The monoisotopic (exact) mass is 206 g/mol. The number of nitrogens with zero attached hydrogens (tertiary/aromatic N) is 1. The Morgan fingerprint density at radius 3 is 2.20 bits per heavy atom. The Labute approximate surface area is 90.7 Å². The Balaban J connectivity index is 3.27. The van der Waals surface area contributed by atoms with Crippen molar-refractivity contribution < 1.29 is 4.79 Å². The summed E-state index contributed by atoms with van der Waals surface area (Å²) in [5.74, 6) is 0.255. The average Bonchev–Trinajstić information content (AvgIpc) is 2.16. The molecule has 0 aliphatic rings. The van der Waals surface area contributed by atoms with E-state index in [4.69, 9.17) is 5.73 Å². The van der Waals surface area contributed by atoms with Gasteiger partial charge in [0.1, 0.15) is 5.69 Å². The van der Waals surface area contributed by atoms with E-state index in [-0.39, 0.29) is 0 Å². The second-order valence-electron chi connectivity index (χ2n) is 4.34. The minimum atomic E-state index is -0.466. The zero-order valence-corrected chi connectivity index (χ0v) is 9.74. The lowest BCUT2D eigenvalue weighted by molar-refractivity contribution is 0.0995. The average molecular weight is 206 g/mol. The van der Waals surface area contributed by atoms with Crippen LogP contribution in [0.4, 0.5) is 0 Å². The summed E-state index contributed by atoms with van der Waals surface area (Å²) in [7, 11) is 0. The third kappa shape index (κ3) is 2.55. The molecule has 0 saturated heterocycles. The molecule has 3 nitrogen and oxygen atoms in total. The highest BCUT2D eigenvalue weighted by molar-refractivity contribution is 5.90.